The summed E-state index contributed by atoms with van der Waals surface area (Å²) < 4.78 is 0. The zero-order valence-corrected chi connectivity index (χ0v) is 11.3. The van der Waals surface area contributed by atoms with Gasteiger partial charge in [0.25, 0.3) is 0 Å². The number of nitrogens with one attached hydrogen (secondary N) is 1. The van der Waals surface area contributed by atoms with Crippen molar-refractivity contribution in [2.75, 3.05) is 5.32 Å². The Morgan fingerprint density at radius 1 is 1.37 bits per heavy atom. The van der Waals surface area contributed by atoms with E-state index in [1.54, 1.807) is 12.4 Å². The number of aromatic nitrogens is 1. The van der Waals surface area contributed by atoms with Crippen molar-refractivity contribution in [1.82, 2.24) is 4.98 Å². The lowest BCUT2D eigenvalue weighted by Gasteiger charge is -2.23. The van der Waals surface area contributed by atoms with Crippen molar-refractivity contribution in [1.29, 1.82) is 5.26 Å². The fraction of sp³-hybridized carbons (Fsp3) is 0.533. The molecule has 0 radical (unpaired) electrons. The molecule has 1 aliphatic rings. The molecule has 0 aromatic carbocycles. The van der Waals surface area contributed by atoms with Crippen LogP contribution in [0.1, 0.15) is 44.1 Å². The molecule has 4 heteroatoms. The summed E-state index contributed by atoms with van der Waals surface area (Å²) in [5, 5.41) is 12.3. The SMILES string of the molecule is Cc1ccncc1NC(=O)C1(C#N)CCCCCC1. The third-order valence-corrected chi connectivity index (χ3v) is 3.89. The molecule has 0 aliphatic heterocycles. The first-order chi connectivity index (χ1) is 9.18. The molecule has 1 amide bonds. The summed E-state index contributed by atoms with van der Waals surface area (Å²) in [5.74, 6) is -0.173. The maximum absolute atomic E-state index is 12.5. The second kappa shape index (κ2) is 5.83. The summed E-state index contributed by atoms with van der Waals surface area (Å²) in [6.45, 7) is 1.92. The van der Waals surface area contributed by atoms with Crippen molar-refractivity contribution in [3.63, 3.8) is 0 Å². The predicted octanol–water partition coefficient (Wildman–Crippen LogP) is 3.19. The molecule has 1 heterocycles. The van der Waals surface area contributed by atoms with Gasteiger partial charge in [0.1, 0.15) is 5.41 Å². The first-order valence-corrected chi connectivity index (χ1v) is 6.81. The highest BCUT2D eigenvalue weighted by molar-refractivity contribution is 5.97. The number of nitrogens with zero attached hydrogens (tertiary/aromatic N) is 2. The van der Waals surface area contributed by atoms with Gasteiger partial charge in [0.15, 0.2) is 0 Å². The van der Waals surface area contributed by atoms with Crippen LogP contribution in [0, 0.1) is 23.7 Å². The van der Waals surface area contributed by atoms with Gasteiger partial charge in [0.2, 0.25) is 5.91 Å². The van der Waals surface area contributed by atoms with Gasteiger partial charge in [-0.25, -0.2) is 0 Å². The normalized spacial score (nSPS) is 18.1. The number of nitriles is 1. The van der Waals surface area contributed by atoms with Crippen LogP contribution >= 0.6 is 0 Å². The summed E-state index contributed by atoms with van der Waals surface area (Å²) >= 11 is 0. The number of carbonyl (C=O) groups is 1. The Hall–Kier alpha value is -1.89. The van der Waals surface area contributed by atoms with Crippen LogP contribution in [0.25, 0.3) is 0 Å². The Kier molecular flexibility index (Phi) is 4.16. The number of pyridine rings is 1. The van der Waals surface area contributed by atoms with Gasteiger partial charge in [0.05, 0.1) is 18.0 Å². The van der Waals surface area contributed by atoms with E-state index in [2.05, 4.69) is 16.4 Å². The Morgan fingerprint density at radius 2 is 2.05 bits per heavy atom. The Bertz CT molecular complexity index is 496. The van der Waals surface area contributed by atoms with E-state index >= 15 is 0 Å². The van der Waals surface area contributed by atoms with Crippen molar-refractivity contribution in [3.8, 4) is 6.07 Å². The summed E-state index contributed by atoms with van der Waals surface area (Å²) in [5.41, 5.74) is 0.801. The summed E-state index contributed by atoms with van der Waals surface area (Å²) in [6.07, 6.45) is 8.78. The molecule has 1 fully saturated rings. The third-order valence-electron chi connectivity index (χ3n) is 3.89. The summed E-state index contributed by atoms with van der Waals surface area (Å²) in [6, 6.07) is 4.11. The molecule has 1 N–H and O–H groups in total. The van der Waals surface area contributed by atoms with Crippen LogP contribution in [0.2, 0.25) is 0 Å². The highest BCUT2D eigenvalue weighted by atomic mass is 16.2. The van der Waals surface area contributed by atoms with Gasteiger partial charge in [-0.2, -0.15) is 5.26 Å². The Morgan fingerprint density at radius 3 is 2.63 bits per heavy atom. The molecule has 1 aliphatic carbocycles. The monoisotopic (exact) mass is 257 g/mol. The van der Waals surface area contributed by atoms with Crippen molar-refractivity contribution in [2.24, 2.45) is 5.41 Å². The van der Waals surface area contributed by atoms with Gasteiger partial charge in [-0.15, -0.1) is 0 Å². The van der Waals surface area contributed by atoms with E-state index in [1.165, 1.54) is 0 Å². The van der Waals surface area contributed by atoms with Crippen molar-refractivity contribution >= 4 is 11.6 Å². The first kappa shape index (κ1) is 13.5. The average molecular weight is 257 g/mol. The van der Waals surface area contributed by atoms with Crippen molar-refractivity contribution in [3.05, 3.63) is 24.0 Å². The van der Waals surface area contributed by atoms with Crippen molar-refractivity contribution in [2.45, 2.75) is 45.4 Å². The maximum Gasteiger partial charge on any atom is 0.244 e. The molecule has 0 unspecified atom stereocenters. The van der Waals surface area contributed by atoms with Gasteiger partial charge >= 0.3 is 0 Å². The van der Waals surface area contributed by atoms with Gasteiger partial charge in [-0.3, -0.25) is 9.78 Å². The van der Waals surface area contributed by atoms with Crippen molar-refractivity contribution < 1.29 is 4.79 Å². The average Bonchev–Trinajstić information content (AvgIpc) is 2.67. The van der Waals surface area contributed by atoms with Crippen LogP contribution < -0.4 is 5.32 Å². The smallest absolute Gasteiger partial charge is 0.244 e. The number of carbonyl (C=O) groups excluding carboxylic acids is 1. The highest BCUT2D eigenvalue weighted by Crippen LogP contribution is 2.35. The predicted molar refractivity (Wildman–Crippen MR) is 73.4 cm³/mol. The molecular formula is C15H19N3O. The zero-order chi connectivity index (χ0) is 13.7. The van der Waals surface area contributed by atoms with Gasteiger partial charge in [-0.05, 0) is 31.4 Å². The molecule has 1 aromatic rings. The molecule has 2 rings (SSSR count). The standard InChI is InChI=1S/C15H19N3O/c1-12-6-9-17-10-13(12)18-14(19)15(11-16)7-4-2-3-5-8-15/h6,9-10H,2-5,7-8H2,1H3,(H,18,19). The molecule has 0 atom stereocenters. The number of anilines is 1. The first-order valence-electron chi connectivity index (χ1n) is 6.81. The lowest BCUT2D eigenvalue weighted by Crippen LogP contribution is -2.34. The fourth-order valence-electron chi connectivity index (χ4n) is 2.56. The molecule has 0 bridgehead atoms. The second-order valence-corrected chi connectivity index (χ2v) is 5.25. The van der Waals surface area contributed by atoms with Crippen LogP contribution in [0.4, 0.5) is 5.69 Å². The van der Waals surface area contributed by atoms with Crippen LogP contribution in [-0.4, -0.2) is 10.9 Å². The summed E-state index contributed by atoms with van der Waals surface area (Å²) in [4.78, 5) is 16.5. The van der Waals surface area contributed by atoms with E-state index in [1.807, 2.05) is 13.0 Å². The number of aryl methyl sites for hydroxylation is 1. The Labute approximate surface area is 113 Å². The second-order valence-electron chi connectivity index (χ2n) is 5.25. The molecule has 100 valence electrons. The number of hydrogen-bond donors (Lipinski definition) is 1. The van der Waals surface area contributed by atoms with Gasteiger partial charge in [0, 0.05) is 6.20 Å². The van der Waals surface area contributed by atoms with E-state index < -0.39 is 5.41 Å². The summed E-state index contributed by atoms with van der Waals surface area (Å²) in [7, 11) is 0. The van der Waals surface area contributed by atoms with Gasteiger partial charge in [-0.1, -0.05) is 25.7 Å². The lowest BCUT2D eigenvalue weighted by atomic mass is 9.81. The van der Waals surface area contributed by atoms with Crippen LogP contribution in [0.5, 0.6) is 0 Å². The fourth-order valence-corrected chi connectivity index (χ4v) is 2.56. The minimum absolute atomic E-state index is 0.173. The van der Waals surface area contributed by atoms with E-state index in [0.29, 0.717) is 18.5 Å². The minimum Gasteiger partial charge on any atom is -0.323 e. The molecule has 0 spiro atoms. The highest BCUT2D eigenvalue weighted by Gasteiger charge is 2.39. The van der Waals surface area contributed by atoms with E-state index in [-0.39, 0.29) is 5.91 Å². The van der Waals surface area contributed by atoms with Crippen LogP contribution in [0.15, 0.2) is 18.5 Å². The lowest BCUT2D eigenvalue weighted by molar-refractivity contribution is -0.123. The largest absolute Gasteiger partial charge is 0.323 e. The van der Waals surface area contributed by atoms with E-state index in [0.717, 1.165) is 31.2 Å². The molecule has 4 nitrogen and oxygen atoms in total. The zero-order valence-electron chi connectivity index (χ0n) is 11.3. The number of hydrogen-bond acceptors (Lipinski definition) is 3. The van der Waals surface area contributed by atoms with E-state index in [9.17, 15) is 10.1 Å². The third kappa shape index (κ3) is 2.93. The van der Waals surface area contributed by atoms with E-state index in [4.69, 9.17) is 0 Å². The van der Waals surface area contributed by atoms with Crippen LogP contribution in [0.3, 0.4) is 0 Å². The quantitative estimate of drug-likeness (QED) is 0.827. The topological polar surface area (TPSA) is 65.8 Å². The van der Waals surface area contributed by atoms with Crippen LogP contribution in [-0.2, 0) is 4.79 Å². The minimum atomic E-state index is -0.862. The van der Waals surface area contributed by atoms with Gasteiger partial charge < -0.3 is 5.32 Å². The maximum atomic E-state index is 12.5. The molecule has 1 aromatic heterocycles. The molecule has 1 saturated carbocycles. The molecule has 19 heavy (non-hydrogen) atoms. The molecule has 0 saturated heterocycles. The number of amides is 1. The Balaban J connectivity index is 2.17. The number of rotatable bonds is 2. The molecular weight excluding hydrogens is 238 g/mol.